The summed E-state index contributed by atoms with van der Waals surface area (Å²) >= 11 is 5.94. The number of aromatic nitrogens is 1. The molecule has 68 valence electrons. The smallest absolute Gasteiger partial charge is 0.0497 e. The molecule has 1 nitrogen and oxygen atoms in total. The zero-order valence-corrected chi connectivity index (χ0v) is 8.60. The maximum Gasteiger partial charge on any atom is 0.0497 e. The number of hydrogen-bond donors (Lipinski definition) is 0. The summed E-state index contributed by atoms with van der Waals surface area (Å²) in [6, 6.07) is 6.05. The molecule has 0 aliphatic rings. The van der Waals surface area contributed by atoms with Gasteiger partial charge in [-0.3, -0.25) is 0 Å². The van der Waals surface area contributed by atoms with Crippen LogP contribution < -0.4 is 0 Å². The van der Waals surface area contributed by atoms with Gasteiger partial charge in [0.25, 0.3) is 0 Å². The van der Waals surface area contributed by atoms with Gasteiger partial charge in [0, 0.05) is 28.7 Å². The first-order valence-corrected chi connectivity index (χ1v) is 4.85. The summed E-state index contributed by atoms with van der Waals surface area (Å²) in [7, 11) is 0. The van der Waals surface area contributed by atoms with Gasteiger partial charge in [0.15, 0.2) is 0 Å². The molecule has 0 unspecified atom stereocenters. The molecule has 0 radical (unpaired) electrons. The summed E-state index contributed by atoms with van der Waals surface area (Å²) in [5, 5.41) is 2.10. The average molecular weight is 194 g/mol. The number of fused-ring (bicyclic) bond motifs is 1. The second-order valence-electron chi connectivity index (χ2n) is 3.26. The lowest BCUT2D eigenvalue weighted by Crippen LogP contribution is -1.89. The fraction of sp³-hybridized carbons (Fsp3) is 0.273. The highest BCUT2D eigenvalue weighted by molar-refractivity contribution is 6.31. The quantitative estimate of drug-likeness (QED) is 0.652. The summed E-state index contributed by atoms with van der Waals surface area (Å²) in [6.45, 7) is 5.26. The van der Waals surface area contributed by atoms with Gasteiger partial charge < -0.3 is 4.57 Å². The third-order valence-corrected chi connectivity index (χ3v) is 2.62. The number of aryl methyl sites for hydroxylation is 2. The largest absolute Gasteiger partial charge is 0.347 e. The maximum atomic E-state index is 5.94. The van der Waals surface area contributed by atoms with Crippen molar-refractivity contribution >= 4 is 22.5 Å². The van der Waals surface area contributed by atoms with E-state index in [9.17, 15) is 0 Å². The summed E-state index contributed by atoms with van der Waals surface area (Å²) in [4.78, 5) is 0. The van der Waals surface area contributed by atoms with Gasteiger partial charge in [-0.2, -0.15) is 0 Å². The lowest BCUT2D eigenvalue weighted by Gasteiger charge is -1.99. The van der Waals surface area contributed by atoms with Gasteiger partial charge >= 0.3 is 0 Å². The molecule has 0 N–H and O–H groups in total. The molecule has 2 aromatic rings. The Morgan fingerprint density at radius 1 is 1.38 bits per heavy atom. The molecule has 1 aromatic carbocycles. The number of nitrogens with zero attached hydrogens (tertiary/aromatic N) is 1. The second kappa shape index (κ2) is 3.08. The Hall–Kier alpha value is -0.950. The third-order valence-electron chi connectivity index (χ3n) is 2.38. The van der Waals surface area contributed by atoms with Crippen molar-refractivity contribution in [1.29, 1.82) is 0 Å². The number of benzene rings is 1. The van der Waals surface area contributed by atoms with Crippen LogP contribution in [0.15, 0.2) is 24.4 Å². The highest BCUT2D eigenvalue weighted by atomic mass is 35.5. The Morgan fingerprint density at radius 2 is 2.15 bits per heavy atom. The first-order valence-electron chi connectivity index (χ1n) is 4.47. The third kappa shape index (κ3) is 1.33. The summed E-state index contributed by atoms with van der Waals surface area (Å²) < 4.78 is 2.22. The van der Waals surface area contributed by atoms with Crippen molar-refractivity contribution in [3.05, 3.63) is 35.0 Å². The molecule has 0 amide bonds. The molecule has 0 aliphatic heterocycles. The molecule has 0 aliphatic carbocycles. The van der Waals surface area contributed by atoms with E-state index in [0.717, 1.165) is 11.6 Å². The summed E-state index contributed by atoms with van der Waals surface area (Å²) in [5.41, 5.74) is 2.54. The van der Waals surface area contributed by atoms with E-state index >= 15 is 0 Å². The first-order chi connectivity index (χ1) is 6.22. The molecule has 0 atom stereocenters. The maximum absolute atomic E-state index is 5.94. The summed E-state index contributed by atoms with van der Waals surface area (Å²) in [5.74, 6) is 0. The molecule has 1 aromatic heterocycles. The summed E-state index contributed by atoms with van der Waals surface area (Å²) in [6.07, 6.45) is 2.17. The number of halogens is 1. The van der Waals surface area contributed by atoms with E-state index in [1.54, 1.807) is 0 Å². The zero-order valence-electron chi connectivity index (χ0n) is 7.84. The molecular weight excluding hydrogens is 182 g/mol. The van der Waals surface area contributed by atoms with Crippen molar-refractivity contribution in [2.45, 2.75) is 20.4 Å². The van der Waals surface area contributed by atoms with E-state index in [0.29, 0.717) is 0 Å². The Labute approximate surface area is 82.9 Å². The fourth-order valence-electron chi connectivity index (χ4n) is 1.71. The topological polar surface area (TPSA) is 4.93 Å². The van der Waals surface area contributed by atoms with E-state index < -0.39 is 0 Å². The molecule has 1 heterocycles. The van der Waals surface area contributed by atoms with Gasteiger partial charge in [0.1, 0.15) is 0 Å². The minimum atomic E-state index is 0.806. The fourth-order valence-corrected chi connectivity index (χ4v) is 1.88. The Kier molecular flexibility index (Phi) is 2.04. The molecule has 0 saturated heterocycles. The minimum Gasteiger partial charge on any atom is -0.347 e. The van der Waals surface area contributed by atoms with Crippen molar-refractivity contribution in [2.75, 3.05) is 0 Å². The normalized spacial score (nSPS) is 11.0. The molecule has 13 heavy (non-hydrogen) atoms. The van der Waals surface area contributed by atoms with Crippen molar-refractivity contribution in [1.82, 2.24) is 4.57 Å². The van der Waals surface area contributed by atoms with Gasteiger partial charge in [-0.25, -0.2) is 0 Å². The Balaban J connectivity index is 2.81. The zero-order chi connectivity index (χ0) is 9.42. The van der Waals surface area contributed by atoms with Crippen molar-refractivity contribution in [3.63, 3.8) is 0 Å². The highest BCUT2D eigenvalue weighted by Crippen LogP contribution is 2.23. The number of hydrogen-bond acceptors (Lipinski definition) is 0. The van der Waals surface area contributed by atoms with Crippen molar-refractivity contribution < 1.29 is 0 Å². The van der Waals surface area contributed by atoms with Gasteiger partial charge in [-0.05, 0) is 31.5 Å². The van der Waals surface area contributed by atoms with Crippen LogP contribution in [0.4, 0.5) is 0 Å². The van der Waals surface area contributed by atoms with Crippen LogP contribution >= 0.6 is 11.6 Å². The molecule has 0 fully saturated rings. The van der Waals surface area contributed by atoms with Crippen LogP contribution in [0, 0.1) is 6.92 Å². The average Bonchev–Trinajstić information content (AvgIpc) is 2.42. The monoisotopic (exact) mass is 193 g/mol. The van der Waals surface area contributed by atoms with E-state index in [1.807, 2.05) is 12.1 Å². The predicted molar refractivity (Wildman–Crippen MR) is 57.4 cm³/mol. The highest BCUT2D eigenvalue weighted by Gasteiger charge is 2.03. The standard InChI is InChI=1S/C11H12ClN/c1-3-13-7-8(2)10-5-4-9(12)6-11(10)13/h4-7H,3H2,1-2H3. The van der Waals surface area contributed by atoms with E-state index in [2.05, 4.69) is 30.7 Å². The van der Waals surface area contributed by atoms with Crippen LogP contribution in [0.3, 0.4) is 0 Å². The van der Waals surface area contributed by atoms with Crippen LogP contribution in [-0.2, 0) is 6.54 Å². The van der Waals surface area contributed by atoms with Gasteiger partial charge in [0.2, 0.25) is 0 Å². The molecular formula is C11H12ClN. The van der Waals surface area contributed by atoms with Crippen LogP contribution in [-0.4, -0.2) is 4.57 Å². The van der Waals surface area contributed by atoms with Gasteiger partial charge in [0.05, 0.1) is 0 Å². The number of rotatable bonds is 1. The first kappa shape index (κ1) is 8.64. The van der Waals surface area contributed by atoms with Gasteiger partial charge in [-0.15, -0.1) is 0 Å². The van der Waals surface area contributed by atoms with Crippen LogP contribution in [0.1, 0.15) is 12.5 Å². The molecule has 2 rings (SSSR count). The second-order valence-corrected chi connectivity index (χ2v) is 3.70. The molecule has 0 saturated carbocycles. The Bertz CT molecular complexity index is 443. The van der Waals surface area contributed by atoms with Crippen LogP contribution in [0.25, 0.3) is 10.9 Å². The van der Waals surface area contributed by atoms with Gasteiger partial charge in [-0.1, -0.05) is 17.7 Å². The van der Waals surface area contributed by atoms with E-state index in [1.165, 1.54) is 16.5 Å². The van der Waals surface area contributed by atoms with Crippen LogP contribution in [0.5, 0.6) is 0 Å². The predicted octanol–water partition coefficient (Wildman–Crippen LogP) is 3.62. The van der Waals surface area contributed by atoms with E-state index in [-0.39, 0.29) is 0 Å². The van der Waals surface area contributed by atoms with Crippen molar-refractivity contribution in [3.8, 4) is 0 Å². The Morgan fingerprint density at radius 3 is 2.85 bits per heavy atom. The van der Waals surface area contributed by atoms with Crippen LogP contribution in [0.2, 0.25) is 5.02 Å². The molecule has 0 bridgehead atoms. The molecule has 0 spiro atoms. The SMILES string of the molecule is CCn1cc(C)c2ccc(Cl)cc21. The van der Waals surface area contributed by atoms with Crippen molar-refractivity contribution in [2.24, 2.45) is 0 Å². The molecule has 2 heteroatoms. The lowest BCUT2D eigenvalue weighted by molar-refractivity contribution is 0.795. The lowest BCUT2D eigenvalue weighted by atomic mass is 10.2. The minimum absolute atomic E-state index is 0.806. The van der Waals surface area contributed by atoms with E-state index in [4.69, 9.17) is 11.6 Å².